The van der Waals surface area contributed by atoms with Crippen LogP contribution in [0.2, 0.25) is 0 Å². The van der Waals surface area contributed by atoms with Crippen LogP contribution in [0.5, 0.6) is 0 Å². The zero-order valence-electron chi connectivity index (χ0n) is 6.72. The lowest BCUT2D eigenvalue weighted by Gasteiger charge is -2.17. The van der Waals surface area contributed by atoms with E-state index in [4.69, 9.17) is 11.0 Å². The third kappa shape index (κ3) is 5.93. The minimum atomic E-state index is -0.316. The van der Waals surface area contributed by atoms with E-state index in [1.54, 1.807) is 11.8 Å². The summed E-state index contributed by atoms with van der Waals surface area (Å²) in [7, 11) is 0. The molecule has 1 atom stereocenters. The van der Waals surface area contributed by atoms with Gasteiger partial charge < -0.3 is 5.73 Å². The van der Waals surface area contributed by atoms with Gasteiger partial charge in [-0.2, -0.15) is 17.0 Å². The quantitative estimate of drug-likeness (QED) is 0.660. The Labute approximate surface area is 66.8 Å². The van der Waals surface area contributed by atoms with Gasteiger partial charge in [0.1, 0.15) is 6.04 Å². The highest BCUT2D eigenvalue weighted by atomic mass is 32.2. The molecule has 0 aliphatic rings. The smallest absolute Gasteiger partial charge is 0.102 e. The maximum atomic E-state index is 8.34. The number of nitrogens with two attached hydrogens (primary N) is 1. The predicted molar refractivity (Wildman–Crippen MR) is 45.8 cm³/mol. The van der Waals surface area contributed by atoms with Crippen molar-refractivity contribution in [3.8, 4) is 6.07 Å². The second-order valence-electron chi connectivity index (χ2n) is 3.16. The van der Waals surface area contributed by atoms with Crippen LogP contribution in [-0.2, 0) is 0 Å². The van der Waals surface area contributed by atoms with Crippen molar-refractivity contribution in [3.05, 3.63) is 0 Å². The van der Waals surface area contributed by atoms with Gasteiger partial charge in [-0.25, -0.2) is 0 Å². The van der Waals surface area contributed by atoms with Crippen LogP contribution in [0.1, 0.15) is 20.8 Å². The Morgan fingerprint density at radius 2 is 2.10 bits per heavy atom. The lowest BCUT2D eigenvalue weighted by Crippen LogP contribution is -2.23. The number of nitrogens with zero attached hydrogens (tertiary/aromatic N) is 1. The van der Waals surface area contributed by atoms with E-state index in [1.807, 2.05) is 6.07 Å². The Morgan fingerprint density at radius 1 is 1.60 bits per heavy atom. The Balaban J connectivity index is 3.48. The SMILES string of the molecule is CC(C)(C)SCC(N)C#N. The highest BCUT2D eigenvalue weighted by Gasteiger charge is 2.12. The normalized spacial score (nSPS) is 14.3. The summed E-state index contributed by atoms with van der Waals surface area (Å²) >= 11 is 1.72. The van der Waals surface area contributed by atoms with Crippen molar-refractivity contribution in [1.82, 2.24) is 0 Å². The standard InChI is InChI=1S/C7H14N2S/c1-7(2,3)10-5-6(9)4-8/h6H,5,9H2,1-3H3. The van der Waals surface area contributed by atoms with E-state index < -0.39 is 0 Å². The summed E-state index contributed by atoms with van der Waals surface area (Å²) in [4.78, 5) is 0. The monoisotopic (exact) mass is 158 g/mol. The van der Waals surface area contributed by atoms with Gasteiger partial charge in [0.05, 0.1) is 6.07 Å². The third-order valence-corrected chi connectivity index (χ3v) is 2.25. The van der Waals surface area contributed by atoms with Crippen LogP contribution >= 0.6 is 11.8 Å². The van der Waals surface area contributed by atoms with E-state index in [0.29, 0.717) is 0 Å². The molecular formula is C7H14N2S. The molecule has 0 radical (unpaired) electrons. The summed E-state index contributed by atoms with van der Waals surface area (Å²) in [6.45, 7) is 6.34. The van der Waals surface area contributed by atoms with E-state index >= 15 is 0 Å². The largest absolute Gasteiger partial charge is 0.315 e. The van der Waals surface area contributed by atoms with Crippen molar-refractivity contribution in [2.75, 3.05) is 5.75 Å². The van der Waals surface area contributed by atoms with E-state index in [2.05, 4.69) is 20.8 Å². The van der Waals surface area contributed by atoms with Crippen molar-refractivity contribution in [1.29, 1.82) is 5.26 Å². The van der Waals surface area contributed by atoms with Gasteiger partial charge in [0.2, 0.25) is 0 Å². The molecule has 0 aromatic carbocycles. The van der Waals surface area contributed by atoms with Crippen molar-refractivity contribution < 1.29 is 0 Å². The van der Waals surface area contributed by atoms with E-state index in [1.165, 1.54) is 0 Å². The average molecular weight is 158 g/mol. The first-order valence-corrected chi connectivity index (χ1v) is 4.23. The van der Waals surface area contributed by atoms with Crippen LogP contribution in [0.4, 0.5) is 0 Å². The molecule has 2 nitrogen and oxygen atoms in total. The lowest BCUT2D eigenvalue weighted by atomic mass is 10.3. The third-order valence-electron chi connectivity index (χ3n) is 0.862. The molecule has 0 saturated carbocycles. The zero-order valence-corrected chi connectivity index (χ0v) is 7.53. The van der Waals surface area contributed by atoms with Gasteiger partial charge in [-0.05, 0) is 0 Å². The average Bonchev–Trinajstić information content (AvgIpc) is 1.81. The highest BCUT2D eigenvalue weighted by Crippen LogP contribution is 2.22. The maximum absolute atomic E-state index is 8.34. The van der Waals surface area contributed by atoms with E-state index in [9.17, 15) is 0 Å². The van der Waals surface area contributed by atoms with Crippen molar-refractivity contribution in [3.63, 3.8) is 0 Å². The minimum absolute atomic E-state index is 0.217. The summed E-state index contributed by atoms with van der Waals surface area (Å²) in [5.41, 5.74) is 5.40. The number of hydrogen-bond acceptors (Lipinski definition) is 3. The molecule has 10 heavy (non-hydrogen) atoms. The molecule has 3 heteroatoms. The fourth-order valence-corrected chi connectivity index (χ4v) is 1.13. The van der Waals surface area contributed by atoms with E-state index in [-0.39, 0.29) is 10.8 Å². The Hall–Kier alpha value is -0.200. The molecule has 58 valence electrons. The first kappa shape index (κ1) is 9.80. The molecule has 0 aromatic heterocycles. The number of hydrogen-bond donors (Lipinski definition) is 1. The van der Waals surface area contributed by atoms with Crippen LogP contribution in [-0.4, -0.2) is 16.5 Å². The molecule has 2 N–H and O–H groups in total. The summed E-state index contributed by atoms with van der Waals surface area (Å²) in [5, 5.41) is 8.34. The summed E-state index contributed by atoms with van der Waals surface area (Å²) in [6.07, 6.45) is 0. The Kier molecular flexibility index (Phi) is 3.77. The van der Waals surface area contributed by atoms with Crippen molar-refractivity contribution in [2.24, 2.45) is 5.73 Å². The molecule has 0 heterocycles. The Morgan fingerprint density at radius 3 is 2.40 bits per heavy atom. The second-order valence-corrected chi connectivity index (χ2v) is 5.01. The number of thioether (sulfide) groups is 1. The van der Waals surface area contributed by atoms with Crippen molar-refractivity contribution >= 4 is 11.8 Å². The van der Waals surface area contributed by atoms with Gasteiger partial charge in [0.15, 0.2) is 0 Å². The molecule has 0 aromatic rings. The van der Waals surface area contributed by atoms with Gasteiger partial charge in [-0.3, -0.25) is 0 Å². The molecule has 0 fully saturated rings. The molecular weight excluding hydrogens is 144 g/mol. The van der Waals surface area contributed by atoms with Crippen LogP contribution < -0.4 is 5.73 Å². The van der Waals surface area contributed by atoms with Crippen LogP contribution in [0.15, 0.2) is 0 Å². The molecule has 0 bridgehead atoms. The molecule has 0 amide bonds. The highest BCUT2D eigenvalue weighted by molar-refractivity contribution is 8.00. The molecule has 1 unspecified atom stereocenters. The summed E-state index contributed by atoms with van der Waals surface area (Å²) < 4.78 is 0.217. The van der Waals surface area contributed by atoms with Gasteiger partial charge in [0, 0.05) is 10.5 Å². The molecule has 0 rings (SSSR count). The topological polar surface area (TPSA) is 49.8 Å². The molecule has 0 spiro atoms. The van der Waals surface area contributed by atoms with Crippen LogP contribution in [0, 0.1) is 11.3 Å². The van der Waals surface area contributed by atoms with Gasteiger partial charge in [0.25, 0.3) is 0 Å². The van der Waals surface area contributed by atoms with Crippen molar-refractivity contribution in [2.45, 2.75) is 31.6 Å². The first-order valence-electron chi connectivity index (χ1n) is 3.25. The van der Waals surface area contributed by atoms with Crippen LogP contribution in [0.3, 0.4) is 0 Å². The lowest BCUT2D eigenvalue weighted by molar-refractivity contribution is 0.797. The van der Waals surface area contributed by atoms with E-state index in [0.717, 1.165) is 5.75 Å². The summed E-state index contributed by atoms with van der Waals surface area (Å²) in [5.74, 6) is 0.722. The fourth-order valence-electron chi connectivity index (χ4n) is 0.377. The first-order chi connectivity index (χ1) is 4.45. The fraction of sp³-hybridized carbons (Fsp3) is 0.857. The Bertz CT molecular complexity index is 132. The van der Waals surface area contributed by atoms with Gasteiger partial charge in [-0.15, -0.1) is 0 Å². The second kappa shape index (κ2) is 3.85. The van der Waals surface area contributed by atoms with Gasteiger partial charge >= 0.3 is 0 Å². The molecule has 0 aliphatic heterocycles. The molecule has 0 saturated heterocycles. The predicted octanol–water partition coefficient (Wildman–Crippen LogP) is 1.37. The molecule has 0 aliphatic carbocycles. The maximum Gasteiger partial charge on any atom is 0.102 e. The minimum Gasteiger partial charge on any atom is -0.315 e. The number of rotatable bonds is 2. The van der Waals surface area contributed by atoms with Crippen LogP contribution in [0.25, 0.3) is 0 Å². The number of nitriles is 1. The summed E-state index contributed by atoms with van der Waals surface area (Å²) in [6, 6.07) is 1.68. The zero-order chi connectivity index (χ0) is 8.20. The van der Waals surface area contributed by atoms with Gasteiger partial charge in [-0.1, -0.05) is 20.8 Å².